The first kappa shape index (κ1) is 41.4. The summed E-state index contributed by atoms with van der Waals surface area (Å²) in [4.78, 5) is 5.85. The van der Waals surface area contributed by atoms with Crippen molar-refractivity contribution >= 4 is 47.0 Å². The SMILES string of the molecule is CC1=CC2=C3CC(c4ccc(CC5(Cc6ccc(C7CC8=C9C=C(C)S[C@@]9(C)[C@]9(C)SC(C)=CC9=C8C7)cc6)c6ccccc6-c6ccccc65)cc4)CC3=C3C=C(C)S[C@@]3(C)[C@]2(C)S1. The molecule has 4 aliphatic heterocycles. The third-order valence-electron chi connectivity index (χ3n) is 17.6. The number of hydrogen-bond donors (Lipinski definition) is 0. The molecule has 13 rings (SSSR count). The molecule has 4 heteroatoms. The van der Waals surface area contributed by atoms with E-state index in [-0.39, 0.29) is 24.4 Å². The van der Waals surface area contributed by atoms with Crippen LogP contribution in [0.4, 0.5) is 0 Å². The molecule has 0 spiro atoms. The highest BCUT2D eigenvalue weighted by atomic mass is 32.2. The zero-order valence-corrected chi connectivity index (χ0v) is 42.3. The average Bonchev–Trinajstić information content (AvgIpc) is 4.16. The van der Waals surface area contributed by atoms with Gasteiger partial charge in [-0.3, -0.25) is 0 Å². The van der Waals surface area contributed by atoms with E-state index >= 15 is 0 Å². The quantitative estimate of drug-likeness (QED) is 0.189. The number of allylic oxidation sites excluding steroid dienone is 12. The van der Waals surface area contributed by atoms with Crippen molar-refractivity contribution < 1.29 is 0 Å². The van der Waals surface area contributed by atoms with Gasteiger partial charge in [0.1, 0.15) is 0 Å². The molecule has 326 valence electrons. The Balaban J connectivity index is 0.823. The summed E-state index contributed by atoms with van der Waals surface area (Å²) in [6.45, 7) is 19.4. The van der Waals surface area contributed by atoms with Crippen molar-refractivity contribution in [3.8, 4) is 11.1 Å². The fourth-order valence-electron chi connectivity index (χ4n) is 14.5. The van der Waals surface area contributed by atoms with Crippen LogP contribution in [0.2, 0.25) is 0 Å². The van der Waals surface area contributed by atoms with Gasteiger partial charge in [-0.15, -0.1) is 47.0 Å². The van der Waals surface area contributed by atoms with Crippen molar-refractivity contribution in [1.29, 1.82) is 0 Å². The Bertz CT molecular complexity index is 2770. The van der Waals surface area contributed by atoms with Gasteiger partial charge in [0.2, 0.25) is 0 Å². The lowest BCUT2D eigenvalue weighted by molar-refractivity contribution is 0.519. The number of hydrogen-bond acceptors (Lipinski definition) is 4. The van der Waals surface area contributed by atoms with Crippen LogP contribution in [0.15, 0.2) is 186 Å². The van der Waals surface area contributed by atoms with Gasteiger partial charge in [-0.1, -0.05) is 97.1 Å². The van der Waals surface area contributed by atoms with E-state index in [4.69, 9.17) is 0 Å². The summed E-state index contributed by atoms with van der Waals surface area (Å²) < 4.78 is 0.331. The van der Waals surface area contributed by atoms with Crippen LogP contribution < -0.4 is 0 Å². The van der Waals surface area contributed by atoms with Crippen molar-refractivity contribution in [2.75, 3.05) is 0 Å². The lowest BCUT2D eigenvalue weighted by Crippen LogP contribution is -2.47. The topological polar surface area (TPSA) is 0 Å². The Labute approximate surface area is 404 Å². The minimum atomic E-state index is -0.161. The van der Waals surface area contributed by atoms with E-state index in [1.54, 1.807) is 44.6 Å². The molecule has 9 aliphatic rings. The van der Waals surface area contributed by atoms with Gasteiger partial charge in [0, 0.05) is 5.41 Å². The van der Waals surface area contributed by atoms with E-state index in [0.717, 1.165) is 38.5 Å². The Hall–Kier alpha value is -3.80. The van der Waals surface area contributed by atoms with E-state index in [9.17, 15) is 0 Å². The minimum Gasteiger partial charge on any atom is -0.118 e. The number of thioether (sulfide) groups is 4. The summed E-state index contributed by atoms with van der Waals surface area (Å²) in [6, 6.07) is 38.5. The maximum Gasteiger partial charge on any atom is 0.0615 e. The number of benzene rings is 4. The number of rotatable bonds is 6. The Morgan fingerprint density at radius 1 is 0.400 bits per heavy atom. The summed E-state index contributed by atoms with van der Waals surface area (Å²) in [6.07, 6.45) is 16.7. The zero-order chi connectivity index (χ0) is 44.4. The van der Waals surface area contributed by atoms with Crippen LogP contribution in [0.5, 0.6) is 0 Å². The highest BCUT2D eigenvalue weighted by Crippen LogP contribution is 2.71. The normalized spacial score (nSPS) is 30.5. The monoisotopic (exact) mass is 918 g/mol. The van der Waals surface area contributed by atoms with E-state index in [0.29, 0.717) is 11.8 Å². The van der Waals surface area contributed by atoms with Crippen LogP contribution in [0, 0.1) is 0 Å². The average molecular weight is 919 g/mol. The minimum absolute atomic E-state index is 0.0827. The van der Waals surface area contributed by atoms with Crippen LogP contribution in [-0.4, -0.2) is 19.0 Å². The molecule has 0 amide bonds. The first-order valence-electron chi connectivity index (χ1n) is 24.0. The predicted molar refractivity (Wildman–Crippen MR) is 284 cm³/mol. The highest BCUT2D eigenvalue weighted by Gasteiger charge is 2.60. The molecular formula is C61H58S4. The molecule has 0 nitrogen and oxygen atoms in total. The van der Waals surface area contributed by atoms with Crippen LogP contribution in [0.25, 0.3) is 11.1 Å². The molecule has 4 aromatic carbocycles. The lowest BCUT2D eigenvalue weighted by atomic mass is 9.69. The van der Waals surface area contributed by atoms with Crippen molar-refractivity contribution in [3.05, 3.63) is 219 Å². The third kappa shape index (κ3) is 5.64. The third-order valence-corrected chi connectivity index (χ3v) is 23.8. The lowest BCUT2D eigenvalue weighted by Gasteiger charge is -2.47. The summed E-state index contributed by atoms with van der Waals surface area (Å²) in [5, 5.41) is 0. The van der Waals surface area contributed by atoms with Gasteiger partial charge in [-0.25, -0.2) is 0 Å². The van der Waals surface area contributed by atoms with Gasteiger partial charge in [-0.2, -0.15) is 0 Å². The van der Waals surface area contributed by atoms with Crippen LogP contribution in [0.3, 0.4) is 0 Å². The van der Waals surface area contributed by atoms with Gasteiger partial charge >= 0.3 is 0 Å². The summed E-state index contributed by atoms with van der Waals surface area (Å²) >= 11 is 8.42. The Morgan fingerprint density at radius 3 is 1.00 bits per heavy atom. The largest absolute Gasteiger partial charge is 0.118 e. The smallest absolute Gasteiger partial charge is 0.0615 e. The summed E-state index contributed by atoms with van der Waals surface area (Å²) in [5.74, 6) is 1.03. The molecule has 4 aromatic rings. The van der Waals surface area contributed by atoms with Gasteiger partial charge in [0.25, 0.3) is 0 Å². The van der Waals surface area contributed by atoms with Gasteiger partial charge in [0.05, 0.1) is 19.0 Å². The second-order valence-corrected chi connectivity index (χ2v) is 28.0. The molecular weight excluding hydrogens is 861 g/mol. The molecule has 0 unspecified atom stereocenters. The van der Waals surface area contributed by atoms with Gasteiger partial charge in [-0.05, 0) is 239 Å². The zero-order valence-electron chi connectivity index (χ0n) is 39.1. The molecule has 65 heavy (non-hydrogen) atoms. The van der Waals surface area contributed by atoms with Crippen molar-refractivity contribution in [1.82, 2.24) is 0 Å². The van der Waals surface area contributed by atoms with Crippen molar-refractivity contribution in [2.24, 2.45) is 0 Å². The van der Waals surface area contributed by atoms with E-state index in [2.05, 4.69) is 224 Å². The molecule has 0 saturated heterocycles. The molecule has 0 aromatic heterocycles. The van der Waals surface area contributed by atoms with Gasteiger partial charge < -0.3 is 0 Å². The fraction of sp³-hybridized carbons (Fsp3) is 0.344. The van der Waals surface area contributed by atoms with Crippen LogP contribution in [-0.2, 0) is 18.3 Å². The first-order valence-corrected chi connectivity index (χ1v) is 27.3. The van der Waals surface area contributed by atoms with Crippen LogP contribution in [0.1, 0.15) is 126 Å². The molecule has 0 N–H and O–H groups in total. The van der Waals surface area contributed by atoms with Gasteiger partial charge in [0.15, 0.2) is 0 Å². The summed E-state index contributed by atoms with van der Waals surface area (Å²) in [5.41, 5.74) is 24.4. The Kier molecular flexibility index (Phi) is 9.00. The molecule has 5 aliphatic carbocycles. The molecule has 0 radical (unpaired) electrons. The summed E-state index contributed by atoms with van der Waals surface area (Å²) in [7, 11) is 0. The van der Waals surface area contributed by atoms with Crippen molar-refractivity contribution in [2.45, 2.75) is 130 Å². The molecule has 4 atom stereocenters. The highest BCUT2D eigenvalue weighted by molar-refractivity contribution is 8.09. The maximum absolute atomic E-state index is 2.53. The van der Waals surface area contributed by atoms with E-state index in [1.165, 1.54) is 64.1 Å². The van der Waals surface area contributed by atoms with E-state index < -0.39 is 0 Å². The molecule has 2 saturated carbocycles. The molecule has 0 bridgehead atoms. The number of fused-ring (bicyclic) bond motifs is 11. The second-order valence-electron chi connectivity index (χ2n) is 21.4. The first-order chi connectivity index (χ1) is 31.2. The Morgan fingerprint density at radius 2 is 0.692 bits per heavy atom. The maximum atomic E-state index is 2.53. The standard InChI is InChI=1S/C61H58S4/c1-35-25-53-47-29-43(30-48(47)54-26-36(2)63-58(54,6)57(53,5)62-35)41-21-17-39(18-22-41)33-61(51-15-11-9-13-45(51)46-14-10-12-16-52(46)61)34-40-19-23-42(24-20-40)44-31-49-50(32-44)56-28-38(4)65-60(56,8)59(7)55(49)27-37(3)64-59/h9-28,43-44H,29-34H2,1-8H3/t57-,58-,59-,60-/m1/s1. The van der Waals surface area contributed by atoms with Crippen LogP contribution >= 0.6 is 47.0 Å². The molecule has 2 fully saturated rings. The van der Waals surface area contributed by atoms with E-state index in [1.807, 2.05) is 0 Å². The predicted octanol–water partition coefficient (Wildman–Crippen LogP) is 17.0. The van der Waals surface area contributed by atoms with Crippen molar-refractivity contribution in [3.63, 3.8) is 0 Å². The second kappa shape index (κ2) is 14.1. The molecule has 4 heterocycles. The fourth-order valence-corrected chi connectivity index (χ4v) is 20.6.